The Morgan fingerprint density at radius 3 is 0.674 bits per heavy atom. The molecule has 0 saturated heterocycles. The summed E-state index contributed by atoms with van der Waals surface area (Å²) < 4.78 is 3.60. The summed E-state index contributed by atoms with van der Waals surface area (Å²) in [5.74, 6) is 0. The molecule has 0 radical (unpaired) electrons. The van der Waals surface area contributed by atoms with Crippen molar-refractivity contribution in [3.8, 4) is 55.6 Å². The van der Waals surface area contributed by atoms with Crippen LogP contribution in [-0.4, -0.2) is 79.4 Å². The van der Waals surface area contributed by atoms with Crippen LogP contribution in [0.15, 0.2) is 255 Å². The lowest BCUT2D eigenvalue weighted by atomic mass is 9.58. The Balaban J connectivity index is 0.000000273. The third-order valence-electron chi connectivity index (χ3n) is 28.3. The standard InChI is InChI=1S/C68H92O4P2.C53H60O4.H4O5P2/c1-61(2,3)42-27-33-47(51(37-42)65(13,14)15)56-55(41-25-31-46(32-26-41)73(69)70)57(48-34-28-43(62(4,5)6)38-52(48)66(16,17)18)59(50-36-30-45(64(10,11)12)40-54(50)68(22,23)24)60(74(71)72)58(56)49-35-29-44(63(7,8)9)39-53(49)67(19,20)21;1-48(2,38-21-13-9-14-22-38)42-29-31-44(46(33-42)50(5,6)40-25-17-11-18-26-40)53(57,52(35-54,36-55)37-56)45-32-30-43(49(3,4)39-23-15-10-16-24-39)34-47(45)51(7,8)41-27-19-12-20-28-41;1-6(2)5-7(3)4/h25-40,69-72H,1-24H3;9-34,54-57H,35-37H2,1-8H3;1-4H. The molecule has 0 spiro atoms. The number of hydrogen-bond acceptors (Lipinski definition) is 13. The van der Waals surface area contributed by atoms with E-state index in [-0.39, 0.29) is 43.3 Å². The minimum Gasteiger partial charge on any atom is -0.395 e. The van der Waals surface area contributed by atoms with Gasteiger partial charge in [0.05, 0.1) is 25.2 Å². The van der Waals surface area contributed by atoms with Crippen molar-refractivity contribution in [3.63, 3.8) is 0 Å². The lowest BCUT2D eigenvalue weighted by Crippen LogP contribution is -2.56. The monoisotopic (exact) mass is 1940 g/mol. The number of aliphatic hydroxyl groups is 4. The van der Waals surface area contributed by atoms with Gasteiger partial charge in [-0.3, -0.25) is 0 Å². The first-order valence-electron chi connectivity index (χ1n) is 48.0. The molecule has 0 heterocycles. The van der Waals surface area contributed by atoms with Gasteiger partial charge in [0, 0.05) is 43.4 Å². The van der Waals surface area contributed by atoms with Crippen molar-refractivity contribution in [2.75, 3.05) is 19.8 Å². The van der Waals surface area contributed by atoms with Crippen LogP contribution >= 0.6 is 34.0 Å². The van der Waals surface area contributed by atoms with Crippen molar-refractivity contribution in [1.29, 1.82) is 0 Å². The molecule has 0 atom stereocenters. The quantitative estimate of drug-likeness (QED) is 0.0267. The number of rotatable bonds is 23. The Labute approximate surface area is 830 Å². The summed E-state index contributed by atoms with van der Waals surface area (Å²) in [6, 6.07) is 89.2. The fraction of sp³-hybridized carbons (Fsp3) is 0.405. The normalized spacial score (nSPS) is 13.3. The number of aliphatic hydroxyl groups excluding tert-OH is 3. The van der Waals surface area contributed by atoms with E-state index in [0.717, 1.165) is 122 Å². The summed E-state index contributed by atoms with van der Waals surface area (Å²) in [4.78, 5) is 78.7. The van der Waals surface area contributed by atoms with Crippen molar-refractivity contribution >= 4 is 44.6 Å². The lowest BCUT2D eigenvalue weighted by Gasteiger charge is -2.49. The highest BCUT2D eigenvalue weighted by Crippen LogP contribution is 2.60. The molecule has 0 aliphatic rings. The average molecular weight is 1940 g/mol. The van der Waals surface area contributed by atoms with E-state index in [0.29, 0.717) is 21.7 Å². The first-order chi connectivity index (χ1) is 63.6. The molecular weight excluding hydrogens is 1790 g/mol. The highest BCUT2D eigenvalue weighted by atomic mass is 31.2. The summed E-state index contributed by atoms with van der Waals surface area (Å²) >= 11 is 0. The van der Waals surface area contributed by atoms with Gasteiger partial charge < -0.3 is 59.6 Å². The highest BCUT2D eigenvalue weighted by Gasteiger charge is 2.56. The van der Waals surface area contributed by atoms with E-state index in [1.165, 1.54) is 22.3 Å². The summed E-state index contributed by atoms with van der Waals surface area (Å²) in [6.45, 7) is 69.8. The van der Waals surface area contributed by atoms with E-state index < -0.39 is 86.5 Å². The molecule has 12 aromatic carbocycles. The Morgan fingerprint density at radius 1 is 0.217 bits per heavy atom. The van der Waals surface area contributed by atoms with Gasteiger partial charge in [-0.2, -0.15) is 0 Å². The molecule has 0 aromatic heterocycles. The van der Waals surface area contributed by atoms with Crippen molar-refractivity contribution in [2.45, 2.75) is 292 Å². The third-order valence-corrected chi connectivity index (χ3v) is 31.1. The smallest absolute Gasteiger partial charge is 0.334 e. The highest BCUT2D eigenvalue weighted by molar-refractivity contribution is 7.55. The number of hydrogen-bond donors (Lipinski definition) is 12. The van der Waals surface area contributed by atoms with Crippen LogP contribution in [0, 0.1) is 5.41 Å². The first-order valence-corrected chi connectivity index (χ1v) is 52.9. The van der Waals surface area contributed by atoms with Crippen LogP contribution in [-0.2, 0) is 74.9 Å². The molecule has 0 aliphatic heterocycles. The van der Waals surface area contributed by atoms with E-state index in [1.807, 2.05) is 72.8 Å². The summed E-state index contributed by atoms with van der Waals surface area (Å²) in [5, 5.41) is 49.5. The molecule has 13 nitrogen and oxygen atoms in total. The maximum Gasteiger partial charge on any atom is 0.334 e. The average Bonchev–Trinajstić information content (AvgIpc) is 0.702. The topological polar surface area (TPSA) is 252 Å². The molecule has 12 aromatic rings. The van der Waals surface area contributed by atoms with Crippen molar-refractivity contribution < 1.29 is 63.9 Å². The zero-order valence-corrected chi connectivity index (χ0v) is 91.5. The van der Waals surface area contributed by atoms with E-state index in [9.17, 15) is 40.0 Å². The Morgan fingerprint density at radius 2 is 0.457 bits per heavy atom. The zero-order valence-electron chi connectivity index (χ0n) is 87.9. The zero-order chi connectivity index (χ0) is 103. The van der Waals surface area contributed by atoms with Crippen LogP contribution < -0.4 is 10.6 Å². The molecule has 0 unspecified atom stereocenters. The molecule has 0 aliphatic carbocycles. The fourth-order valence-electron chi connectivity index (χ4n) is 19.3. The van der Waals surface area contributed by atoms with Gasteiger partial charge in [-0.15, -0.1) is 0 Å². The first kappa shape index (κ1) is 112. The van der Waals surface area contributed by atoms with Crippen molar-refractivity contribution in [3.05, 3.63) is 355 Å². The van der Waals surface area contributed by atoms with Crippen LogP contribution in [0.3, 0.4) is 0 Å². The molecule has 138 heavy (non-hydrogen) atoms. The molecule has 12 N–H and O–H groups in total. The molecule has 12 rings (SSSR count). The van der Waals surface area contributed by atoms with Gasteiger partial charge in [-0.05, 0) is 200 Å². The predicted octanol–water partition coefficient (Wildman–Crippen LogP) is 27.9. The molecule has 0 bridgehead atoms. The van der Waals surface area contributed by atoms with Crippen molar-refractivity contribution in [1.82, 2.24) is 0 Å². The Kier molecular flexibility index (Phi) is 34.0. The van der Waals surface area contributed by atoms with Gasteiger partial charge in [0.1, 0.15) is 5.60 Å². The van der Waals surface area contributed by atoms with E-state index in [4.69, 9.17) is 19.6 Å². The molecule has 0 fully saturated rings. The van der Waals surface area contributed by atoms with Gasteiger partial charge in [0.15, 0.2) is 8.38 Å². The molecule has 17 heteroatoms. The van der Waals surface area contributed by atoms with Gasteiger partial charge in [-0.25, -0.2) is 4.31 Å². The summed E-state index contributed by atoms with van der Waals surface area (Å²) in [5.41, 5.74) is 19.5. The Hall–Kier alpha value is -8.16. The SMILES string of the molecule is CC(C)(C)c1ccc(-c2c(-c3ccc(P(O)O)cc3)c(-c3ccc(C(C)(C)C)cc3C(C)(C)C)c(-c3ccc(C(C)(C)C)cc3C(C)(C)C)c(P(O)O)c2-c2ccc(C(C)(C)C)cc2C(C)(C)C)c(C(C)(C)C)c1.CC(C)(c1ccccc1)c1ccc(C(O)(c2ccc(C(C)(C)c3ccccc3)cc2C(C)(C)c2ccccc2)C(CO)(CO)CO)c(C(C)(C)c2ccccc2)c1.OP(O)OP(O)O. The maximum atomic E-state index is 14.2. The Bertz CT molecular complexity index is 5850. The second-order valence-electron chi connectivity index (χ2n) is 47.9. The molecule has 0 saturated carbocycles. The van der Waals surface area contributed by atoms with E-state index in [2.05, 4.69) is 408 Å². The van der Waals surface area contributed by atoms with Crippen LogP contribution in [0.25, 0.3) is 55.6 Å². The second kappa shape index (κ2) is 42.0. The predicted molar refractivity (Wildman–Crippen MR) is 583 cm³/mol. The number of benzene rings is 12. The minimum absolute atomic E-state index is 0.154. The summed E-state index contributed by atoms with van der Waals surface area (Å²) in [7, 11) is -10.4. The van der Waals surface area contributed by atoms with Crippen LogP contribution in [0.2, 0.25) is 0 Å². The molecular formula is C121H156O13P4. The fourth-order valence-corrected chi connectivity index (χ4v) is 21.1. The third kappa shape index (κ3) is 23.8. The summed E-state index contributed by atoms with van der Waals surface area (Å²) in [6.07, 6.45) is 0. The van der Waals surface area contributed by atoms with Crippen molar-refractivity contribution in [2.24, 2.45) is 5.41 Å². The van der Waals surface area contributed by atoms with Gasteiger partial charge in [-0.1, -0.05) is 464 Å². The van der Waals surface area contributed by atoms with Crippen LogP contribution in [0.4, 0.5) is 0 Å². The van der Waals surface area contributed by atoms with Gasteiger partial charge >= 0.3 is 17.2 Å². The van der Waals surface area contributed by atoms with E-state index >= 15 is 0 Å². The lowest BCUT2D eigenvalue weighted by molar-refractivity contribution is -0.137. The van der Waals surface area contributed by atoms with E-state index in [1.54, 1.807) is 0 Å². The largest absolute Gasteiger partial charge is 0.395 e. The minimum atomic E-state index is -2.84. The van der Waals surface area contributed by atoms with Crippen LogP contribution in [0.1, 0.15) is 322 Å². The van der Waals surface area contributed by atoms with Crippen LogP contribution in [0.5, 0.6) is 0 Å². The van der Waals surface area contributed by atoms with Gasteiger partial charge in [0.2, 0.25) is 8.38 Å². The second-order valence-corrected chi connectivity index (χ2v) is 51.7. The maximum absolute atomic E-state index is 14.2. The van der Waals surface area contributed by atoms with Gasteiger partial charge in [0.25, 0.3) is 0 Å². The molecule has 738 valence electrons. The molecule has 0 amide bonds.